The van der Waals surface area contributed by atoms with Crippen molar-refractivity contribution in [3.63, 3.8) is 0 Å². The molecule has 0 spiro atoms. The van der Waals surface area contributed by atoms with Crippen LogP contribution in [-0.4, -0.2) is 9.52 Å². The van der Waals surface area contributed by atoms with Gasteiger partial charge in [-0.3, -0.25) is 0 Å². The monoisotopic (exact) mass is 1030 g/mol. The maximum absolute atomic E-state index is 2.44. The Bertz CT molecular complexity index is 2520. The molecule has 1 heterocycles. The fourth-order valence-corrected chi connectivity index (χ4v) is 11.3. The third-order valence-electron chi connectivity index (χ3n) is 14.0. The van der Waals surface area contributed by atoms with Crippen molar-refractivity contribution in [1.82, 2.24) is 0 Å². The Kier molecular flexibility index (Phi) is 18.7. The summed E-state index contributed by atoms with van der Waals surface area (Å²) < 4.78 is 0. The summed E-state index contributed by atoms with van der Waals surface area (Å²) in [5.74, 6) is 1.22. The Morgan fingerprint density at radius 3 is 0.971 bits per heavy atom. The quantitative estimate of drug-likeness (QED) is 0.154. The predicted octanol–water partition coefficient (Wildman–Crippen LogP) is 9.88. The van der Waals surface area contributed by atoms with Crippen LogP contribution in [0.2, 0.25) is 0 Å². The molecule has 68 heavy (non-hydrogen) atoms. The van der Waals surface area contributed by atoms with Crippen LogP contribution in [0.3, 0.4) is 0 Å². The van der Waals surface area contributed by atoms with Gasteiger partial charge in [0.15, 0.2) is 0 Å². The van der Waals surface area contributed by atoms with Gasteiger partial charge in [-0.05, 0) is 124 Å². The number of halogens is 2. The molecule has 1 aliphatic heterocycles. The Balaban J connectivity index is 0.000000228. The number of rotatable bonds is 4. The fraction of sp³-hybridized carbons (Fsp3) is 0.375. The van der Waals surface area contributed by atoms with Crippen LogP contribution in [0.5, 0.6) is 0 Å². The third kappa shape index (κ3) is 13.1. The predicted molar refractivity (Wildman–Crippen MR) is 291 cm³/mol. The van der Waals surface area contributed by atoms with Gasteiger partial charge in [-0.25, -0.2) is 0 Å². The zero-order valence-electron chi connectivity index (χ0n) is 44.2. The van der Waals surface area contributed by atoms with Crippen molar-refractivity contribution >= 4 is 32.0 Å². The molecule has 0 aromatic heterocycles. The van der Waals surface area contributed by atoms with E-state index >= 15 is 0 Å². The van der Waals surface area contributed by atoms with Crippen molar-refractivity contribution in [2.24, 2.45) is 11.8 Å². The average Bonchev–Trinajstić information content (AvgIpc) is 3.98. The standard InChI is InChI=1S/2C26H34.C12H10Si.2ClH.Zr/c2*1-17(2)19-12-18-10-9-11-23(24(18)15-19)20-13-21(25(3,4)5)16-22(14-20)26(6,7)8;1-3-7-11-9(5-1)10-6-2-4-8-12(10)13-11;;;/h2*9-11,13-17H,12H2,1-8H3;1-8H,13H2;2*1H;/q;;;;;+2/p-2. The topological polar surface area (TPSA) is 0 Å². The normalized spacial score (nSPS) is 13.5. The summed E-state index contributed by atoms with van der Waals surface area (Å²) in [5.41, 5.74) is 23.6. The molecule has 0 saturated heterocycles. The van der Waals surface area contributed by atoms with Gasteiger partial charge in [0.1, 0.15) is 0 Å². The van der Waals surface area contributed by atoms with Crippen LogP contribution < -0.4 is 35.2 Å². The molecule has 0 radical (unpaired) electrons. The van der Waals surface area contributed by atoms with E-state index < -0.39 is 0 Å². The molecule has 6 aromatic carbocycles. The summed E-state index contributed by atoms with van der Waals surface area (Å²) >= 11 is 0. The largest absolute Gasteiger partial charge is 2.00 e. The summed E-state index contributed by atoms with van der Waals surface area (Å²) in [4.78, 5) is 0. The second-order valence-corrected chi connectivity index (χ2v) is 25.8. The first kappa shape index (κ1) is 57.1. The molecule has 0 nitrogen and oxygen atoms in total. The van der Waals surface area contributed by atoms with Crippen LogP contribution in [0.1, 0.15) is 155 Å². The molecule has 0 N–H and O–H groups in total. The summed E-state index contributed by atoms with van der Waals surface area (Å²) in [6.07, 6.45) is 7.09. The van der Waals surface area contributed by atoms with Crippen molar-refractivity contribution in [3.05, 3.63) is 177 Å². The van der Waals surface area contributed by atoms with E-state index in [2.05, 4.69) is 244 Å². The molecule has 0 amide bonds. The smallest absolute Gasteiger partial charge is 1.00 e. The van der Waals surface area contributed by atoms with E-state index in [1.165, 1.54) is 77.9 Å². The molecule has 9 rings (SSSR count). The Morgan fingerprint density at radius 1 is 0.382 bits per heavy atom. The second kappa shape index (κ2) is 22.3. The van der Waals surface area contributed by atoms with Crippen LogP contribution in [0.4, 0.5) is 0 Å². The molecule has 356 valence electrons. The molecule has 0 saturated carbocycles. The van der Waals surface area contributed by atoms with Crippen molar-refractivity contribution in [2.45, 2.75) is 145 Å². The number of fused-ring (bicyclic) bond motifs is 5. The number of hydrogen-bond donors (Lipinski definition) is 0. The second-order valence-electron chi connectivity index (χ2n) is 23.9. The average molecular weight is 1040 g/mol. The molecule has 6 aromatic rings. The Hall–Kier alpha value is -3.52. The molecule has 0 unspecified atom stereocenters. The number of allylic oxidation sites excluding steroid dienone is 2. The van der Waals surface area contributed by atoms with Gasteiger partial charge in [0, 0.05) is 0 Å². The molecule has 2 aliphatic carbocycles. The van der Waals surface area contributed by atoms with Gasteiger partial charge in [-0.1, -0.05) is 266 Å². The van der Waals surface area contributed by atoms with E-state index in [0.717, 1.165) is 12.8 Å². The zero-order chi connectivity index (χ0) is 47.2. The fourth-order valence-electron chi connectivity index (χ4n) is 9.41. The molecule has 0 atom stereocenters. The minimum absolute atomic E-state index is 0. The molecular formula is C64H78Cl2SiZr. The minimum Gasteiger partial charge on any atom is -1.00 e. The molecular weight excluding hydrogens is 959 g/mol. The van der Waals surface area contributed by atoms with E-state index in [-0.39, 0.29) is 82.2 Å². The molecule has 0 fully saturated rings. The first-order chi connectivity index (χ1) is 30.4. The van der Waals surface area contributed by atoms with E-state index in [0.29, 0.717) is 11.8 Å². The maximum Gasteiger partial charge on any atom is 2.00 e. The van der Waals surface area contributed by atoms with E-state index in [9.17, 15) is 0 Å². The van der Waals surface area contributed by atoms with Gasteiger partial charge in [-0.2, -0.15) is 0 Å². The maximum atomic E-state index is 2.44. The number of benzene rings is 6. The zero-order valence-corrected chi connectivity index (χ0v) is 49.6. The van der Waals surface area contributed by atoms with E-state index in [1.54, 1.807) is 21.5 Å². The SMILES string of the molecule is CC(C)C1=Cc2c(cccc2-c2cc(C(C)(C)C)cc(C(C)(C)C)c2)C1.CC(C)C1=Cc2c(cccc2-c2cc(C(C)(C)C)cc(C(C)(C)C)c2)C1.[Cl-].[Cl-].[Zr+2].c1ccc2c(c1)[SiH2]c1ccccc1-2. The first-order valence-corrected chi connectivity index (χ1v) is 25.9. The van der Waals surface area contributed by atoms with E-state index in [1.807, 2.05) is 0 Å². The van der Waals surface area contributed by atoms with Crippen LogP contribution in [0.15, 0.2) is 132 Å². The van der Waals surface area contributed by atoms with E-state index in [4.69, 9.17) is 0 Å². The third-order valence-corrected chi connectivity index (χ3v) is 16.0. The van der Waals surface area contributed by atoms with Gasteiger partial charge in [0.05, 0.1) is 9.52 Å². The number of hydrogen-bond acceptors (Lipinski definition) is 0. The van der Waals surface area contributed by atoms with Crippen molar-refractivity contribution in [1.29, 1.82) is 0 Å². The van der Waals surface area contributed by atoms with Gasteiger partial charge in [0.2, 0.25) is 0 Å². The first-order valence-electron chi connectivity index (χ1n) is 24.5. The summed E-state index contributed by atoms with van der Waals surface area (Å²) in [6.45, 7) is 36.9. The van der Waals surface area contributed by atoms with Gasteiger partial charge < -0.3 is 24.8 Å². The molecule has 4 heteroatoms. The van der Waals surface area contributed by atoms with Crippen LogP contribution >= 0.6 is 0 Å². The van der Waals surface area contributed by atoms with Crippen molar-refractivity contribution < 1.29 is 51.0 Å². The molecule has 0 bridgehead atoms. The van der Waals surface area contributed by atoms with Crippen molar-refractivity contribution in [3.8, 4) is 33.4 Å². The minimum atomic E-state index is -0.160. The van der Waals surface area contributed by atoms with Gasteiger partial charge >= 0.3 is 26.2 Å². The van der Waals surface area contributed by atoms with Crippen LogP contribution in [0.25, 0.3) is 45.5 Å². The molecule has 3 aliphatic rings. The summed E-state index contributed by atoms with van der Waals surface area (Å²) in [6, 6.07) is 45.7. The van der Waals surface area contributed by atoms with Crippen molar-refractivity contribution in [2.75, 3.05) is 0 Å². The summed E-state index contributed by atoms with van der Waals surface area (Å²) in [5, 5.41) is 3.20. The Labute approximate surface area is 447 Å². The van der Waals surface area contributed by atoms with Crippen LogP contribution in [-0.2, 0) is 60.7 Å². The Morgan fingerprint density at radius 2 is 0.676 bits per heavy atom. The van der Waals surface area contributed by atoms with Crippen LogP contribution in [0, 0.1) is 11.8 Å². The van der Waals surface area contributed by atoms with Gasteiger partial charge in [-0.15, -0.1) is 0 Å². The summed E-state index contributed by atoms with van der Waals surface area (Å²) in [7, 11) is -0.160. The van der Waals surface area contributed by atoms with Gasteiger partial charge in [0.25, 0.3) is 0 Å².